The molecular weight excluding hydrogens is 1150 g/mol. The smallest absolute Gasteiger partial charge is 0.426 e. The standard InChI is InChI=1S/C60H101N11O15S/c1-60(2,3)86-59(82)70-69-50-28-27-45(42-65-50)71(44-72)35-17-6-8-25-52(75)61-31-14-4-7-24-51(74)62-33-16-12-22-47(66-54(77)30-29-53(76)63-32-15-5-9-26-55(78)79)57(80)64-34-19-37-84-39-41-85-40-38-83-36-18-13-21-46(73)20-10-11-23-49-56-48(43-87-49)67-58(81)68-56/h27-28,42,44,47-49,56H,4-26,29-41,43H2,1-3H3,(H,61,75)(H,62,74)(H,63,76)(H,64,80)(H,65,69)(H,66,77)(H,70,82)(H,78,79)(H2,67,68,81)/t47-,48-,49-,56-/m0/s1. The monoisotopic (exact) mass is 1250 g/mol. The van der Waals surface area contributed by atoms with E-state index in [0.29, 0.717) is 179 Å². The Morgan fingerprint density at radius 3 is 1.84 bits per heavy atom. The van der Waals surface area contributed by atoms with Gasteiger partial charge in [-0.2, -0.15) is 11.8 Å². The predicted octanol–water partition coefficient (Wildman–Crippen LogP) is 5.47. The molecule has 4 atom stereocenters. The van der Waals surface area contributed by atoms with Gasteiger partial charge in [-0.3, -0.25) is 43.8 Å². The number of ether oxygens (including phenoxy) is 4. The fraction of sp³-hybridized carbons (Fsp3) is 0.750. The van der Waals surface area contributed by atoms with Gasteiger partial charge in [-0.15, -0.1) is 0 Å². The van der Waals surface area contributed by atoms with Crippen LogP contribution in [0.3, 0.4) is 0 Å². The Bertz CT molecular complexity index is 2210. The number of hydrogen-bond donors (Lipinski definition) is 10. The number of amides is 9. The molecule has 3 rings (SSSR count). The van der Waals surface area contributed by atoms with Gasteiger partial charge in [0.1, 0.15) is 23.2 Å². The molecule has 0 spiro atoms. The third kappa shape index (κ3) is 37.9. The predicted molar refractivity (Wildman–Crippen MR) is 331 cm³/mol. The number of urea groups is 1. The summed E-state index contributed by atoms with van der Waals surface area (Å²) in [4.78, 5) is 128. The van der Waals surface area contributed by atoms with E-state index in [1.54, 1.807) is 32.9 Å². The molecule has 2 fully saturated rings. The minimum Gasteiger partial charge on any atom is -0.481 e. The molecule has 1 aromatic rings. The van der Waals surface area contributed by atoms with Crippen molar-refractivity contribution in [3.05, 3.63) is 18.3 Å². The van der Waals surface area contributed by atoms with Crippen LogP contribution in [0.5, 0.6) is 0 Å². The Kier molecular flexibility index (Phi) is 39.5. The van der Waals surface area contributed by atoms with E-state index in [-0.39, 0.29) is 66.8 Å². The van der Waals surface area contributed by atoms with Crippen LogP contribution in [0.25, 0.3) is 0 Å². The maximum atomic E-state index is 13.3. The summed E-state index contributed by atoms with van der Waals surface area (Å²) in [5.74, 6) is -0.550. The summed E-state index contributed by atoms with van der Waals surface area (Å²) in [6.45, 7) is 9.83. The summed E-state index contributed by atoms with van der Waals surface area (Å²) >= 11 is 1.90. The van der Waals surface area contributed by atoms with Crippen LogP contribution in [-0.4, -0.2) is 177 Å². The highest BCUT2D eigenvalue weighted by molar-refractivity contribution is 8.00. The van der Waals surface area contributed by atoms with Gasteiger partial charge in [0, 0.05) is 102 Å². The zero-order valence-corrected chi connectivity index (χ0v) is 52.6. The van der Waals surface area contributed by atoms with Crippen molar-refractivity contribution in [2.75, 3.05) is 88.4 Å². The minimum atomic E-state index is -0.864. The minimum absolute atomic E-state index is 0.0536. The van der Waals surface area contributed by atoms with E-state index in [1.165, 1.54) is 11.1 Å². The second kappa shape index (κ2) is 45.9. The summed E-state index contributed by atoms with van der Waals surface area (Å²) < 4.78 is 22.1. The van der Waals surface area contributed by atoms with Crippen LogP contribution < -0.4 is 53.0 Å². The molecule has 3 heterocycles. The van der Waals surface area contributed by atoms with Crippen molar-refractivity contribution in [2.24, 2.45) is 0 Å². The highest BCUT2D eigenvalue weighted by Gasteiger charge is 2.42. The van der Waals surface area contributed by atoms with Gasteiger partial charge in [0.25, 0.3) is 0 Å². The van der Waals surface area contributed by atoms with Gasteiger partial charge in [-0.05, 0) is 123 Å². The number of nitrogens with zero attached hydrogens (tertiary/aromatic N) is 2. The number of thioether (sulfide) groups is 1. The lowest BCUT2D eigenvalue weighted by molar-refractivity contribution is -0.137. The molecule has 27 heteroatoms. The Balaban J connectivity index is 1.20. The highest BCUT2D eigenvalue weighted by Crippen LogP contribution is 2.33. The molecule has 2 aliphatic heterocycles. The van der Waals surface area contributed by atoms with E-state index in [2.05, 4.69) is 53.1 Å². The largest absolute Gasteiger partial charge is 0.481 e. The number of anilines is 2. The number of ketones is 1. The van der Waals surface area contributed by atoms with Crippen LogP contribution in [0.2, 0.25) is 0 Å². The Hall–Kier alpha value is -6.32. The number of unbranched alkanes of at least 4 members (excludes halogenated alkanes) is 9. The third-order valence-corrected chi connectivity index (χ3v) is 15.6. The van der Waals surface area contributed by atoms with E-state index in [4.69, 9.17) is 24.1 Å². The van der Waals surface area contributed by atoms with Gasteiger partial charge in [0.2, 0.25) is 35.9 Å². The SMILES string of the molecule is CC(C)(C)OC(=O)NNc1ccc(N(C=O)CCCCCC(=O)NCCCCCC(=O)NCCCC[C@H](NC(=O)CCC(=O)NCCCCCC(=O)O)C(=O)NCCCOCCOCCOCCCCC(=O)CCCC[C@@H]2SC[C@@H]3NC(=O)N[C@@H]32)cn1. The fourth-order valence-corrected chi connectivity index (χ4v) is 10.9. The summed E-state index contributed by atoms with van der Waals surface area (Å²) in [5.41, 5.74) is 5.01. The van der Waals surface area contributed by atoms with Crippen LogP contribution in [0.1, 0.15) is 181 Å². The van der Waals surface area contributed by atoms with Crippen molar-refractivity contribution in [3.63, 3.8) is 0 Å². The lowest BCUT2D eigenvalue weighted by Crippen LogP contribution is -2.47. The molecule has 0 aliphatic carbocycles. The third-order valence-electron chi connectivity index (χ3n) is 14.1. The summed E-state index contributed by atoms with van der Waals surface area (Å²) in [5, 5.41) is 29.4. The lowest BCUT2D eigenvalue weighted by atomic mass is 10.0. The molecule has 0 bridgehead atoms. The van der Waals surface area contributed by atoms with Crippen molar-refractivity contribution < 1.29 is 72.0 Å². The molecule has 10 N–H and O–H groups in total. The zero-order valence-electron chi connectivity index (χ0n) is 51.7. The van der Waals surface area contributed by atoms with E-state index in [1.807, 2.05) is 11.8 Å². The van der Waals surface area contributed by atoms with Gasteiger partial charge >= 0.3 is 18.1 Å². The highest BCUT2D eigenvalue weighted by atomic mass is 32.2. The van der Waals surface area contributed by atoms with Gasteiger partial charge in [0.05, 0.1) is 50.4 Å². The number of carbonyl (C=O) groups excluding carboxylic acids is 9. The Labute approximate surface area is 517 Å². The van der Waals surface area contributed by atoms with Crippen LogP contribution in [0.4, 0.5) is 21.1 Å². The van der Waals surface area contributed by atoms with Gasteiger partial charge in [0.15, 0.2) is 0 Å². The summed E-state index contributed by atoms with van der Waals surface area (Å²) in [7, 11) is 0. The zero-order chi connectivity index (χ0) is 63.3. The molecule has 1 aromatic heterocycles. The molecule has 9 amide bonds. The second-order valence-electron chi connectivity index (χ2n) is 22.8. The average molecular weight is 1250 g/mol. The molecule has 492 valence electrons. The van der Waals surface area contributed by atoms with Crippen molar-refractivity contribution >= 4 is 83.1 Å². The lowest BCUT2D eigenvalue weighted by Gasteiger charge is -2.20. The first kappa shape index (κ1) is 74.9. The van der Waals surface area contributed by atoms with Gasteiger partial charge in [-0.1, -0.05) is 25.7 Å². The molecule has 0 saturated carbocycles. The number of rotatable bonds is 52. The molecule has 0 radical (unpaired) electrons. The first-order valence-corrected chi connectivity index (χ1v) is 32.4. The maximum Gasteiger partial charge on any atom is 0.426 e. The number of carbonyl (C=O) groups is 10. The Morgan fingerprint density at radius 2 is 1.22 bits per heavy atom. The van der Waals surface area contributed by atoms with Crippen LogP contribution in [0, 0.1) is 0 Å². The normalized spacial score (nSPS) is 15.4. The van der Waals surface area contributed by atoms with Crippen LogP contribution in [-0.2, 0) is 57.3 Å². The first-order valence-electron chi connectivity index (χ1n) is 31.4. The molecule has 2 aliphatic rings. The summed E-state index contributed by atoms with van der Waals surface area (Å²) in [6, 6.07) is 2.83. The number of hydrogen-bond acceptors (Lipinski definition) is 17. The molecule has 2 saturated heterocycles. The number of pyridine rings is 1. The fourth-order valence-electron chi connectivity index (χ4n) is 9.40. The number of aromatic nitrogens is 1. The molecule has 87 heavy (non-hydrogen) atoms. The van der Waals surface area contributed by atoms with Crippen molar-refractivity contribution in [3.8, 4) is 0 Å². The number of hydrazine groups is 1. The van der Waals surface area contributed by atoms with E-state index in [9.17, 15) is 47.9 Å². The number of carboxylic acid groups (broad SMARTS) is 1. The first-order chi connectivity index (χ1) is 41.9. The van der Waals surface area contributed by atoms with E-state index >= 15 is 0 Å². The maximum absolute atomic E-state index is 13.3. The molecular formula is C60H101N11O15S. The van der Waals surface area contributed by atoms with E-state index in [0.717, 1.165) is 63.5 Å². The average Bonchev–Trinajstić information content (AvgIpc) is 3.01. The number of nitrogens with one attached hydrogen (secondary N) is 9. The quantitative estimate of drug-likeness (QED) is 0.0167. The van der Waals surface area contributed by atoms with E-state index < -0.39 is 29.6 Å². The van der Waals surface area contributed by atoms with Crippen molar-refractivity contribution in [1.82, 2.24) is 47.6 Å². The molecule has 0 aromatic carbocycles. The Morgan fingerprint density at radius 1 is 0.655 bits per heavy atom. The molecule has 0 unspecified atom stereocenters. The van der Waals surface area contributed by atoms with Gasteiger partial charge in [-0.25, -0.2) is 20.0 Å². The second-order valence-corrected chi connectivity index (χ2v) is 24.1. The topological polar surface area (TPSA) is 352 Å². The summed E-state index contributed by atoms with van der Waals surface area (Å²) in [6.07, 6.45) is 15.7. The van der Waals surface area contributed by atoms with Crippen molar-refractivity contribution in [1.29, 1.82) is 0 Å². The number of carboxylic acids is 1. The molecule has 26 nitrogen and oxygen atoms in total. The van der Waals surface area contributed by atoms with Crippen LogP contribution >= 0.6 is 11.8 Å². The number of Topliss-reactive ketones (excluding diaryl/α,β-unsaturated/α-hetero) is 1. The van der Waals surface area contributed by atoms with Crippen molar-refractivity contribution in [2.45, 2.75) is 210 Å². The number of fused-ring (bicyclic) bond motifs is 1. The van der Waals surface area contributed by atoms with Crippen LogP contribution in [0.15, 0.2) is 18.3 Å². The number of aliphatic carboxylic acids is 1. The van der Waals surface area contributed by atoms with Gasteiger partial charge < -0.3 is 66.2 Å².